The summed E-state index contributed by atoms with van der Waals surface area (Å²) in [5, 5.41) is 8.40. The van der Waals surface area contributed by atoms with Crippen LogP contribution in [0.5, 0.6) is 0 Å². The highest BCUT2D eigenvalue weighted by Gasteiger charge is 2.25. The van der Waals surface area contributed by atoms with Gasteiger partial charge in [0.05, 0.1) is 18.8 Å². The Morgan fingerprint density at radius 3 is 2.62 bits per heavy atom. The quantitative estimate of drug-likeness (QED) is 0.818. The molecule has 6 heteroatoms. The molecule has 1 atom stereocenters. The van der Waals surface area contributed by atoms with Gasteiger partial charge in [0.25, 0.3) is 5.91 Å². The molecule has 1 amide bonds. The molecule has 0 radical (unpaired) electrons. The second kappa shape index (κ2) is 7.80. The van der Waals surface area contributed by atoms with E-state index in [0.717, 1.165) is 24.1 Å². The maximum absolute atomic E-state index is 12.6. The Bertz CT molecular complexity index is 764. The van der Waals surface area contributed by atoms with Crippen molar-refractivity contribution in [2.24, 2.45) is 0 Å². The topological polar surface area (TPSA) is 56.2 Å². The van der Waals surface area contributed by atoms with E-state index in [0.29, 0.717) is 23.9 Å². The predicted octanol–water partition coefficient (Wildman–Crippen LogP) is 4.26. The average Bonchev–Trinajstić information content (AvgIpc) is 2.92. The van der Waals surface area contributed by atoms with E-state index in [1.54, 1.807) is 0 Å². The van der Waals surface area contributed by atoms with Gasteiger partial charge in [-0.1, -0.05) is 49.4 Å². The van der Waals surface area contributed by atoms with Crippen molar-refractivity contribution in [3.63, 3.8) is 0 Å². The number of carbonyl (C=O) groups is 1. The summed E-state index contributed by atoms with van der Waals surface area (Å²) in [6.45, 7) is 1.06. The minimum atomic E-state index is -0.0718. The lowest BCUT2D eigenvalue weighted by Gasteiger charge is -2.24. The first-order valence-corrected chi connectivity index (χ1v) is 9.81. The van der Waals surface area contributed by atoms with E-state index in [1.807, 2.05) is 35.0 Å². The van der Waals surface area contributed by atoms with Gasteiger partial charge in [0.15, 0.2) is 5.69 Å². The van der Waals surface area contributed by atoms with Crippen molar-refractivity contribution < 1.29 is 9.53 Å². The minimum Gasteiger partial charge on any atom is -0.365 e. The molecule has 1 aromatic heterocycles. The number of halogens is 1. The lowest BCUT2D eigenvalue weighted by molar-refractivity contribution is -0.00119. The van der Waals surface area contributed by atoms with Crippen LogP contribution in [-0.4, -0.2) is 21.7 Å². The summed E-state index contributed by atoms with van der Waals surface area (Å²) in [6, 6.07) is 9.81. The molecule has 5 nitrogen and oxygen atoms in total. The number of fused-ring (bicyclic) bond motifs is 1. The SMILES string of the molecule is O=C(NC1CCCCCC1)c1cc2n(n1)CC(c1ccc(Cl)cc1)OC2. The van der Waals surface area contributed by atoms with Crippen molar-refractivity contribution in [3.05, 3.63) is 52.3 Å². The number of amides is 1. The molecular formula is C20H24ClN3O2. The Kier molecular flexibility index (Phi) is 5.27. The smallest absolute Gasteiger partial charge is 0.272 e. The summed E-state index contributed by atoms with van der Waals surface area (Å²) in [6.07, 6.45) is 7.01. The first kappa shape index (κ1) is 17.6. The van der Waals surface area contributed by atoms with Gasteiger partial charge in [-0.25, -0.2) is 0 Å². The molecule has 26 heavy (non-hydrogen) atoms. The van der Waals surface area contributed by atoms with Crippen LogP contribution >= 0.6 is 11.6 Å². The lowest BCUT2D eigenvalue weighted by Crippen LogP contribution is -2.34. The number of carbonyl (C=O) groups excluding carboxylic acids is 1. The van der Waals surface area contributed by atoms with Gasteiger partial charge in [-0.15, -0.1) is 0 Å². The van der Waals surface area contributed by atoms with Gasteiger partial charge in [-0.2, -0.15) is 5.10 Å². The highest BCUT2D eigenvalue weighted by molar-refractivity contribution is 6.30. The third kappa shape index (κ3) is 3.94. The van der Waals surface area contributed by atoms with Crippen LogP contribution in [0.2, 0.25) is 5.02 Å². The molecule has 0 bridgehead atoms. The van der Waals surface area contributed by atoms with E-state index in [9.17, 15) is 4.79 Å². The second-order valence-corrected chi connectivity index (χ2v) is 7.65. The van der Waals surface area contributed by atoms with E-state index in [2.05, 4.69) is 10.4 Å². The molecule has 4 rings (SSSR count). The molecule has 1 unspecified atom stereocenters. The number of hydrogen-bond acceptors (Lipinski definition) is 3. The molecule has 1 aliphatic heterocycles. The predicted molar refractivity (Wildman–Crippen MR) is 100 cm³/mol. The van der Waals surface area contributed by atoms with E-state index >= 15 is 0 Å². The third-order valence-electron chi connectivity index (χ3n) is 5.30. The molecule has 138 valence electrons. The van der Waals surface area contributed by atoms with Crippen molar-refractivity contribution in [2.75, 3.05) is 0 Å². The van der Waals surface area contributed by atoms with Gasteiger partial charge in [-0.05, 0) is 36.6 Å². The number of hydrogen-bond donors (Lipinski definition) is 1. The monoisotopic (exact) mass is 373 g/mol. The molecule has 1 fully saturated rings. The van der Waals surface area contributed by atoms with E-state index in [-0.39, 0.29) is 18.1 Å². The average molecular weight is 374 g/mol. The standard InChI is InChI=1S/C20H24ClN3O2/c21-15-9-7-14(8-10-15)19-12-24-17(13-26-19)11-18(23-24)20(25)22-16-5-3-1-2-4-6-16/h7-11,16,19H,1-6,12-13H2,(H,22,25). The first-order valence-electron chi connectivity index (χ1n) is 9.44. The van der Waals surface area contributed by atoms with E-state index in [4.69, 9.17) is 16.3 Å². The Morgan fingerprint density at radius 2 is 1.88 bits per heavy atom. The molecule has 2 heterocycles. The maximum Gasteiger partial charge on any atom is 0.272 e. The number of nitrogens with one attached hydrogen (secondary N) is 1. The zero-order valence-corrected chi connectivity index (χ0v) is 15.5. The molecule has 1 aromatic carbocycles. The molecule has 2 aliphatic rings. The van der Waals surface area contributed by atoms with Crippen LogP contribution in [0, 0.1) is 0 Å². The van der Waals surface area contributed by atoms with E-state index in [1.165, 1.54) is 25.7 Å². The van der Waals surface area contributed by atoms with Gasteiger partial charge in [0.1, 0.15) is 6.10 Å². The molecule has 1 N–H and O–H groups in total. The van der Waals surface area contributed by atoms with Gasteiger partial charge < -0.3 is 10.1 Å². The Hall–Kier alpha value is -1.85. The number of nitrogens with zero attached hydrogens (tertiary/aromatic N) is 2. The van der Waals surface area contributed by atoms with Gasteiger partial charge >= 0.3 is 0 Å². The van der Waals surface area contributed by atoms with Crippen LogP contribution in [0.25, 0.3) is 0 Å². The van der Waals surface area contributed by atoms with Crippen LogP contribution in [0.15, 0.2) is 30.3 Å². The first-order chi connectivity index (χ1) is 12.7. The lowest BCUT2D eigenvalue weighted by atomic mass is 10.1. The molecular weight excluding hydrogens is 350 g/mol. The fourth-order valence-electron chi connectivity index (χ4n) is 3.80. The van der Waals surface area contributed by atoms with Crippen molar-refractivity contribution >= 4 is 17.5 Å². The number of ether oxygens (including phenoxy) is 1. The maximum atomic E-state index is 12.6. The summed E-state index contributed by atoms with van der Waals surface area (Å²) >= 11 is 5.96. The summed E-state index contributed by atoms with van der Waals surface area (Å²) in [5.41, 5.74) is 2.51. The highest BCUT2D eigenvalue weighted by Crippen LogP contribution is 2.27. The summed E-state index contributed by atoms with van der Waals surface area (Å²) < 4.78 is 7.85. The van der Waals surface area contributed by atoms with E-state index < -0.39 is 0 Å². The molecule has 1 aliphatic carbocycles. The Morgan fingerprint density at radius 1 is 1.15 bits per heavy atom. The molecule has 0 spiro atoms. The zero-order chi connectivity index (χ0) is 17.9. The van der Waals surface area contributed by atoms with Crippen LogP contribution in [0.4, 0.5) is 0 Å². The summed E-state index contributed by atoms with van der Waals surface area (Å²) in [7, 11) is 0. The van der Waals surface area contributed by atoms with Crippen molar-refractivity contribution in [2.45, 2.75) is 63.8 Å². The van der Waals surface area contributed by atoms with Gasteiger partial charge in [0, 0.05) is 11.1 Å². The Balaban J connectivity index is 1.43. The molecule has 0 saturated heterocycles. The normalized spacial score (nSPS) is 21.0. The summed E-state index contributed by atoms with van der Waals surface area (Å²) in [4.78, 5) is 12.6. The van der Waals surface area contributed by atoms with Crippen LogP contribution in [0.1, 0.15) is 66.4 Å². The number of rotatable bonds is 3. The Labute approximate surface area is 158 Å². The van der Waals surface area contributed by atoms with Crippen LogP contribution in [-0.2, 0) is 17.9 Å². The zero-order valence-electron chi connectivity index (χ0n) is 14.8. The largest absolute Gasteiger partial charge is 0.365 e. The van der Waals surface area contributed by atoms with Crippen molar-refractivity contribution in [3.8, 4) is 0 Å². The fourth-order valence-corrected chi connectivity index (χ4v) is 3.92. The number of aromatic nitrogens is 2. The molecule has 2 aromatic rings. The van der Waals surface area contributed by atoms with Crippen molar-refractivity contribution in [1.82, 2.24) is 15.1 Å². The van der Waals surface area contributed by atoms with Crippen LogP contribution in [0.3, 0.4) is 0 Å². The second-order valence-electron chi connectivity index (χ2n) is 7.22. The van der Waals surface area contributed by atoms with Gasteiger partial charge in [-0.3, -0.25) is 9.48 Å². The van der Waals surface area contributed by atoms with Gasteiger partial charge in [0.2, 0.25) is 0 Å². The summed E-state index contributed by atoms with van der Waals surface area (Å²) in [5.74, 6) is -0.0677. The van der Waals surface area contributed by atoms with Crippen molar-refractivity contribution in [1.29, 1.82) is 0 Å². The van der Waals surface area contributed by atoms with Crippen LogP contribution < -0.4 is 5.32 Å². The number of benzene rings is 1. The highest BCUT2D eigenvalue weighted by atomic mass is 35.5. The molecule has 1 saturated carbocycles. The third-order valence-corrected chi connectivity index (χ3v) is 5.55. The minimum absolute atomic E-state index is 0.0677. The fraction of sp³-hybridized carbons (Fsp3) is 0.500.